The Kier molecular flexibility index (Phi) is 2.89. The second-order valence-electron chi connectivity index (χ2n) is 3.42. The minimum atomic E-state index is 0.749. The predicted octanol–water partition coefficient (Wildman–Crippen LogP) is 2.82. The van der Waals surface area contributed by atoms with Crippen molar-refractivity contribution >= 4 is 26.8 Å². The Morgan fingerprint density at radius 3 is 2.93 bits per heavy atom. The maximum Gasteiger partial charge on any atom is 0.0456 e. The Balaban J connectivity index is 2.32. The van der Waals surface area contributed by atoms with Gasteiger partial charge in [-0.15, -0.1) is 0 Å². The van der Waals surface area contributed by atoms with Gasteiger partial charge in [0.2, 0.25) is 0 Å². The molecule has 1 aromatic carbocycles. The van der Waals surface area contributed by atoms with E-state index < -0.39 is 0 Å². The maximum absolute atomic E-state index is 5.47. The summed E-state index contributed by atoms with van der Waals surface area (Å²) in [5.41, 5.74) is 7.94. The molecule has 0 bridgehead atoms. The van der Waals surface area contributed by atoms with Gasteiger partial charge in [-0.25, -0.2) is 0 Å². The highest BCUT2D eigenvalue weighted by atomic mass is 79.9. The number of aryl methyl sites for hydroxylation is 1. The first-order valence-electron chi connectivity index (χ1n) is 4.77. The summed E-state index contributed by atoms with van der Waals surface area (Å²) in [4.78, 5) is 3.38. The molecule has 1 aromatic heterocycles. The summed E-state index contributed by atoms with van der Waals surface area (Å²) in [5.74, 6) is 0. The lowest BCUT2D eigenvalue weighted by Crippen LogP contribution is -2.00. The third-order valence-electron chi connectivity index (χ3n) is 2.29. The SMILES string of the molecule is NCCCc1cc2cc(Br)ccc2[nH]1. The molecule has 0 aliphatic carbocycles. The Hall–Kier alpha value is -0.800. The minimum absolute atomic E-state index is 0.749. The Labute approximate surface area is 91.6 Å². The fraction of sp³-hybridized carbons (Fsp3) is 0.273. The van der Waals surface area contributed by atoms with Gasteiger partial charge in [0.1, 0.15) is 0 Å². The number of H-pyrrole nitrogens is 1. The smallest absolute Gasteiger partial charge is 0.0456 e. The zero-order valence-electron chi connectivity index (χ0n) is 7.89. The lowest BCUT2D eigenvalue weighted by molar-refractivity contribution is 0.818. The normalized spacial score (nSPS) is 11.0. The van der Waals surface area contributed by atoms with Crippen molar-refractivity contribution < 1.29 is 0 Å². The first-order chi connectivity index (χ1) is 6.79. The molecule has 0 saturated heterocycles. The van der Waals surface area contributed by atoms with Crippen molar-refractivity contribution in [2.45, 2.75) is 12.8 Å². The van der Waals surface area contributed by atoms with E-state index in [1.165, 1.54) is 16.6 Å². The van der Waals surface area contributed by atoms with Crippen LogP contribution in [0.1, 0.15) is 12.1 Å². The van der Waals surface area contributed by atoms with Crippen molar-refractivity contribution in [1.82, 2.24) is 4.98 Å². The molecule has 3 N–H and O–H groups in total. The summed E-state index contributed by atoms with van der Waals surface area (Å²) in [7, 11) is 0. The predicted molar refractivity (Wildman–Crippen MR) is 63.4 cm³/mol. The van der Waals surface area contributed by atoms with Crippen LogP contribution in [0.3, 0.4) is 0 Å². The van der Waals surface area contributed by atoms with Gasteiger partial charge < -0.3 is 10.7 Å². The van der Waals surface area contributed by atoms with E-state index >= 15 is 0 Å². The van der Waals surface area contributed by atoms with E-state index in [0.717, 1.165) is 23.9 Å². The number of aromatic amines is 1. The highest BCUT2D eigenvalue weighted by Crippen LogP contribution is 2.20. The molecule has 0 saturated carbocycles. The molecule has 3 heteroatoms. The highest BCUT2D eigenvalue weighted by molar-refractivity contribution is 9.10. The van der Waals surface area contributed by atoms with Crippen molar-refractivity contribution in [2.24, 2.45) is 5.73 Å². The summed E-state index contributed by atoms with van der Waals surface area (Å²) in [6, 6.07) is 8.45. The van der Waals surface area contributed by atoms with Crippen LogP contribution in [-0.2, 0) is 6.42 Å². The largest absolute Gasteiger partial charge is 0.358 e. The van der Waals surface area contributed by atoms with Crippen LogP contribution in [0, 0.1) is 0 Å². The van der Waals surface area contributed by atoms with Crippen LogP contribution in [0.4, 0.5) is 0 Å². The third-order valence-corrected chi connectivity index (χ3v) is 2.78. The molecule has 74 valence electrons. The van der Waals surface area contributed by atoms with Gasteiger partial charge in [-0.1, -0.05) is 15.9 Å². The van der Waals surface area contributed by atoms with Gasteiger partial charge in [0.15, 0.2) is 0 Å². The van der Waals surface area contributed by atoms with Gasteiger partial charge in [-0.05, 0) is 43.7 Å². The van der Waals surface area contributed by atoms with Crippen molar-refractivity contribution in [3.05, 3.63) is 34.4 Å². The van der Waals surface area contributed by atoms with Crippen molar-refractivity contribution in [3.63, 3.8) is 0 Å². The van der Waals surface area contributed by atoms with Gasteiger partial charge in [0.25, 0.3) is 0 Å². The van der Waals surface area contributed by atoms with Gasteiger partial charge in [0, 0.05) is 21.1 Å². The van der Waals surface area contributed by atoms with Crippen LogP contribution in [0.5, 0.6) is 0 Å². The molecule has 14 heavy (non-hydrogen) atoms. The molecule has 0 unspecified atom stereocenters. The first-order valence-corrected chi connectivity index (χ1v) is 5.56. The zero-order chi connectivity index (χ0) is 9.97. The van der Waals surface area contributed by atoms with Crippen molar-refractivity contribution in [1.29, 1.82) is 0 Å². The second kappa shape index (κ2) is 4.15. The van der Waals surface area contributed by atoms with Gasteiger partial charge in [-0.3, -0.25) is 0 Å². The molecule has 0 amide bonds. The molecule has 0 fully saturated rings. The van der Waals surface area contributed by atoms with Crippen LogP contribution in [0.15, 0.2) is 28.7 Å². The monoisotopic (exact) mass is 252 g/mol. The number of rotatable bonds is 3. The van der Waals surface area contributed by atoms with Crippen molar-refractivity contribution in [2.75, 3.05) is 6.54 Å². The number of nitrogens with two attached hydrogens (primary N) is 1. The second-order valence-corrected chi connectivity index (χ2v) is 4.33. The van der Waals surface area contributed by atoms with Crippen LogP contribution in [0.25, 0.3) is 10.9 Å². The number of fused-ring (bicyclic) bond motifs is 1. The highest BCUT2D eigenvalue weighted by Gasteiger charge is 2.00. The maximum atomic E-state index is 5.47. The molecular weight excluding hydrogens is 240 g/mol. The fourth-order valence-corrected chi connectivity index (χ4v) is 1.97. The van der Waals surface area contributed by atoms with Crippen LogP contribution < -0.4 is 5.73 Å². The van der Waals surface area contributed by atoms with E-state index in [1.807, 2.05) is 6.07 Å². The average molecular weight is 253 g/mol. The quantitative estimate of drug-likeness (QED) is 0.867. The Morgan fingerprint density at radius 1 is 1.29 bits per heavy atom. The van der Waals surface area contributed by atoms with E-state index in [2.05, 4.69) is 39.1 Å². The summed E-state index contributed by atoms with van der Waals surface area (Å²) >= 11 is 3.46. The van der Waals surface area contributed by atoms with E-state index in [4.69, 9.17) is 5.73 Å². The van der Waals surface area contributed by atoms with E-state index in [9.17, 15) is 0 Å². The molecule has 2 aromatic rings. The molecule has 0 aliphatic heterocycles. The number of aromatic nitrogens is 1. The molecule has 1 heterocycles. The zero-order valence-corrected chi connectivity index (χ0v) is 9.47. The topological polar surface area (TPSA) is 41.8 Å². The fourth-order valence-electron chi connectivity index (χ4n) is 1.59. The lowest BCUT2D eigenvalue weighted by Gasteiger charge is -1.92. The summed E-state index contributed by atoms with van der Waals surface area (Å²) in [6.45, 7) is 0.749. The lowest BCUT2D eigenvalue weighted by atomic mass is 10.2. The van der Waals surface area contributed by atoms with E-state index in [-0.39, 0.29) is 0 Å². The Bertz CT molecular complexity index is 434. The van der Waals surface area contributed by atoms with Gasteiger partial charge >= 0.3 is 0 Å². The Morgan fingerprint density at radius 2 is 2.14 bits per heavy atom. The van der Waals surface area contributed by atoms with Crippen LogP contribution in [0.2, 0.25) is 0 Å². The number of benzene rings is 1. The molecule has 2 rings (SSSR count). The average Bonchev–Trinajstić information content (AvgIpc) is 2.56. The molecular formula is C11H13BrN2. The summed E-state index contributed by atoms with van der Waals surface area (Å²) in [6.07, 6.45) is 2.07. The molecule has 0 spiro atoms. The molecule has 0 aliphatic rings. The standard InChI is InChI=1S/C11H13BrN2/c12-9-3-4-11-8(6-9)7-10(14-11)2-1-5-13/h3-4,6-7,14H,1-2,5,13H2. The molecule has 2 nitrogen and oxygen atoms in total. The molecule has 0 radical (unpaired) electrons. The molecule has 0 atom stereocenters. The van der Waals surface area contributed by atoms with E-state index in [0.29, 0.717) is 0 Å². The van der Waals surface area contributed by atoms with Crippen LogP contribution >= 0.6 is 15.9 Å². The minimum Gasteiger partial charge on any atom is -0.358 e. The van der Waals surface area contributed by atoms with Gasteiger partial charge in [0.05, 0.1) is 0 Å². The number of hydrogen-bond acceptors (Lipinski definition) is 1. The van der Waals surface area contributed by atoms with Crippen molar-refractivity contribution in [3.8, 4) is 0 Å². The summed E-state index contributed by atoms with van der Waals surface area (Å²) < 4.78 is 1.12. The summed E-state index contributed by atoms with van der Waals surface area (Å²) in [5, 5.41) is 1.26. The first kappa shape index (κ1) is 9.74. The van der Waals surface area contributed by atoms with Gasteiger partial charge in [-0.2, -0.15) is 0 Å². The number of halogens is 1. The number of hydrogen-bond donors (Lipinski definition) is 2. The van der Waals surface area contributed by atoms with Crippen LogP contribution in [-0.4, -0.2) is 11.5 Å². The third kappa shape index (κ3) is 1.99. The van der Waals surface area contributed by atoms with E-state index in [1.54, 1.807) is 0 Å². The number of nitrogens with one attached hydrogen (secondary N) is 1.